The van der Waals surface area contributed by atoms with E-state index < -0.39 is 8.80 Å². The van der Waals surface area contributed by atoms with Gasteiger partial charge >= 0.3 is 0 Å². The summed E-state index contributed by atoms with van der Waals surface area (Å²) in [6, 6.07) is 11.3. The summed E-state index contributed by atoms with van der Waals surface area (Å²) in [6.07, 6.45) is 1.13. The van der Waals surface area contributed by atoms with Crippen LogP contribution in [0.3, 0.4) is 0 Å². The van der Waals surface area contributed by atoms with Crippen molar-refractivity contribution in [2.45, 2.75) is 19.0 Å². The maximum Gasteiger partial charge on any atom is 0.107 e. The van der Waals surface area contributed by atoms with Crippen LogP contribution in [0, 0.1) is 0 Å². The maximum atomic E-state index is 12.5. The number of para-hydroxylation sites is 1. The summed E-state index contributed by atoms with van der Waals surface area (Å²) in [4.78, 5) is 2.13. The van der Waals surface area contributed by atoms with E-state index in [0.29, 0.717) is 6.54 Å². The van der Waals surface area contributed by atoms with Crippen molar-refractivity contribution in [2.24, 2.45) is 0 Å². The van der Waals surface area contributed by atoms with Crippen LogP contribution in [0.5, 0.6) is 0 Å². The van der Waals surface area contributed by atoms with Gasteiger partial charge in [0.2, 0.25) is 0 Å². The number of halogens is 1. The zero-order valence-electron chi connectivity index (χ0n) is 10.6. The molecule has 0 radical (unpaired) electrons. The van der Waals surface area contributed by atoms with E-state index in [1.54, 1.807) is 0 Å². The van der Waals surface area contributed by atoms with Gasteiger partial charge in [-0.3, -0.25) is 0 Å². The molecule has 0 N–H and O–H groups in total. The molecular weight excluding hydrogens is 229 g/mol. The fourth-order valence-electron chi connectivity index (χ4n) is 1.83. The van der Waals surface area contributed by atoms with Crippen molar-refractivity contribution >= 4 is 14.5 Å². The summed E-state index contributed by atoms with van der Waals surface area (Å²) >= 11 is 0. The van der Waals surface area contributed by atoms with E-state index in [1.807, 2.05) is 30.3 Å². The summed E-state index contributed by atoms with van der Waals surface area (Å²) in [7, 11) is -0.711. The molecule has 0 saturated carbocycles. The molecule has 0 fully saturated rings. The van der Waals surface area contributed by atoms with Crippen LogP contribution >= 0.6 is 0 Å². The Labute approximate surface area is 106 Å². The fraction of sp³-hybridized carbons (Fsp3) is 0.429. The number of rotatable bonds is 8. The van der Waals surface area contributed by atoms with Crippen molar-refractivity contribution in [3.05, 3.63) is 42.6 Å². The summed E-state index contributed by atoms with van der Waals surface area (Å²) in [5.41, 5.74) is 3.24. The van der Waals surface area contributed by atoms with Gasteiger partial charge in [0.25, 0.3) is 0 Å². The Morgan fingerprint density at radius 2 is 2.00 bits per heavy atom. The monoisotopic (exact) mass is 251 g/mol. The lowest BCUT2D eigenvalue weighted by Crippen LogP contribution is -2.27. The number of hydrogen-bond acceptors (Lipinski definition) is 1. The third-order valence-electron chi connectivity index (χ3n) is 2.97. The van der Waals surface area contributed by atoms with Crippen LogP contribution in [-0.2, 0) is 0 Å². The molecule has 3 heteroatoms. The molecule has 17 heavy (non-hydrogen) atoms. The maximum absolute atomic E-state index is 12.5. The molecule has 1 aromatic carbocycles. The van der Waals surface area contributed by atoms with Crippen molar-refractivity contribution in [3.8, 4) is 0 Å². The molecule has 0 aromatic heterocycles. The number of alkyl halides is 1. The Hall–Kier alpha value is -1.09. The molecule has 0 aliphatic heterocycles. The first-order chi connectivity index (χ1) is 8.27. The highest BCUT2D eigenvalue weighted by molar-refractivity contribution is 6.62. The zero-order valence-corrected chi connectivity index (χ0v) is 11.8. The van der Waals surface area contributed by atoms with Crippen LogP contribution in [0.2, 0.25) is 12.6 Å². The van der Waals surface area contributed by atoms with E-state index in [0.717, 1.165) is 18.7 Å². The molecule has 0 amide bonds. The van der Waals surface area contributed by atoms with E-state index >= 15 is 0 Å². The summed E-state index contributed by atoms with van der Waals surface area (Å²) in [5.74, 6) is 0. The summed E-state index contributed by atoms with van der Waals surface area (Å²) in [6.45, 7) is 7.29. The van der Waals surface area contributed by atoms with Gasteiger partial charge in [0.05, 0.1) is 8.80 Å². The molecule has 1 aromatic rings. The van der Waals surface area contributed by atoms with Gasteiger partial charge < -0.3 is 4.90 Å². The minimum atomic E-state index is -0.711. The van der Waals surface area contributed by atoms with Crippen molar-refractivity contribution in [3.63, 3.8) is 0 Å². The molecular formula is C14H22FNSi. The number of benzene rings is 1. The van der Waals surface area contributed by atoms with Gasteiger partial charge in [-0.1, -0.05) is 30.8 Å². The first-order valence-corrected chi connectivity index (χ1v) is 8.90. The highest BCUT2D eigenvalue weighted by atomic mass is 28.3. The van der Waals surface area contributed by atoms with Gasteiger partial charge in [0.15, 0.2) is 0 Å². The second-order valence-electron chi connectivity index (χ2n) is 4.37. The molecule has 1 nitrogen and oxygen atoms in total. The second kappa shape index (κ2) is 8.07. The Bertz CT molecular complexity index is 315. The van der Waals surface area contributed by atoms with Gasteiger partial charge in [0, 0.05) is 18.8 Å². The fourth-order valence-corrected chi connectivity index (χ4v) is 2.90. The minimum Gasteiger partial charge on any atom is -0.369 e. The van der Waals surface area contributed by atoms with Crippen LogP contribution in [-0.4, -0.2) is 28.6 Å². The first kappa shape index (κ1) is 14.0. The molecule has 0 bridgehead atoms. The lowest BCUT2D eigenvalue weighted by atomic mass is 10.2. The molecule has 94 valence electrons. The van der Waals surface area contributed by atoms with Crippen LogP contribution in [0.15, 0.2) is 42.6 Å². The zero-order chi connectivity index (χ0) is 12.5. The van der Waals surface area contributed by atoms with Crippen molar-refractivity contribution < 1.29 is 4.39 Å². The Balaban J connectivity index is 2.46. The van der Waals surface area contributed by atoms with Crippen LogP contribution < -0.4 is 4.90 Å². The Morgan fingerprint density at radius 1 is 1.29 bits per heavy atom. The topological polar surface area (TPSA) is 3.24 Å². The normalized spacial score (nSPS) is 12.1. The summed E-state index contributed by atoms with van der Waals surface area (Å²) in [5, 5.41) is 0. The van der Waals surface area contributed by atoms with Crippen LogP contribution in [0.4, 0.5) is 10.1 Å². The molecule has 0 aliphatic carbocycles. The summed E-state index contributed by atoms with van der Waals surface area (Å²) < 4.78 is 12.5. The highest BCUT2D eigenvalue weighted by Gasteiger charge is 2.06. The average molecular weight is 251 g/mol. The first-order valence-electron chi connectivity index (χ1n) is 6.26. The smallest absolute Gasteiger partial charge is 0.107 e. The van der Waals surface area contributed by atoms with E-state index in [4.69, 9.17) is 0 Å². The van der Waals surface area contributed by atoms with E-state index in [1.165, 1.54) is 6.04 Å². The van der Waals surface area contributed by atoms with Crippen LogP contribution in [0.25, 0.3) is 0 Å². The molecule has 0 aliphatic rings. The lowest BCUT2D eigenvalue weighted by Gasteiger charge is -2.23. The molecule has 1 atom stereocenters. The standard InChI is InChI=1S/C14H22FNSi/c1-3-17(2)13-7-11-16(12-10-15)14-8-5-4-6-9-14/h3-6,8-9,17H,1,7,10-13H2,2H3. The van der Waals surface area contributed by atoms with Crippen molar-refractivity contribution in [1.29, 1.82) is 0 Å². The van der Waals surface area contributed by atoms with Gasteiger partial charge in [-0.25, -0.2) is 4.39 Å². The van der Waals surface area contributed by atoms with Crippen molar-refractivity contribution in [1.82, 2.24) is 0 Å². The predicted octanol–water partition coefficient (Wildman–Crippen LogP) is 3.43. The predicted molar refractivity (Wildman–Crippen MR) is 77.3 cm³/mol. The largest absolute Gasteiger partial charge is 0.369 e. The van der Waals surface area contributed by atoms with E-state index in [-0.39, 0.29) is 6.67 Å². The van der Waals surface area contributed by atoms with Gasteiger partial charge in [-0.2, -0.15) is 0 Å². The Morgan fingerprint density at radius 3 is 2.59 bits per heavy atom. The molecule has 1 rings (SSSR count). The lowest BCUT2D eigenvalue weighted by molar-refractivity contribution is 0.489. The molecule has 1 unspecified atom stereocenters. The third kappa shape index (κ3) is 5.17. The van der Waals surface area contributed by atoms with Gasteiger partial charge in [-0.15, -0.1) is 12.3 Å². The van der Waals surface area contributed by atoms with E-state index in [2.05, 4.69) is 23.7 Å². The number of anilines is 1. The van der Waals surface area contributed by atoms with Gasteiger partial charge in [-0.05, 0) is 18.6 Å². The minimum absolute atomic E-state index is 0.288. The van der Waals surface area contributed by atoms with Gasteiger partial charge in [0.1, 0.15) is 6.67 Å². The Kier molecular flexibility index (Phi) is 6.63. The molecule has 0 saturated heterocycles. The number of nitrogens with zero attached hydrogens (tertiary/aromatic N) is 1. The van der Waals surface area contributed by atoms with Crippen molar-refractivity contribution in [2.75, 3.05) is 24.7 Å². The average Bonchev–Trinajstić information content (AvgIpc) is 2.38. The highest BCUT2D eigenvalue weighted by Crippen LogP contribution is 2.14. The van der Waals surface area contributed by atoms with Crippen LogP contribution in [0.1, 0.15) is 6.42 Å². The second-order valence-corrected chi connectivity index (χ2v) is 7.37. The quantitative estimate of drug-likeness (QED) is 0.640. The molecule has 0 spiro atoms. The third-order valence-corrected chi connectivity index (χ3v) is 5.09. The number of hydrogen-bond donors (Lipinski definition) is 0. The van der Waals surface area contributed by atoms with E-state index in [9.17, 15) is 4.39 Å². The molecule has 0 heterocycles. The SMILES string of the molecule is C=C[SiH](C)CCCN(CCF)c1ccccc1.